The van der Waals surface area contributed by atoms with E-state index in [0.717, 1.165) is 24.3 Å². The van der Waals surface area contributed by atoms with Crippen molar-refractivity contribution in [2.45, 2.75) is 50.1 Å². The Bertz CT molecular complexity index is 1060. The van der Waals surface area contributed by atoms with Gasteiger partial charge in [-0.25, -0.2) is 0 Å². The van der Waals surface area contributed by atoms with Crippen LogP contribution < -0.4 is 20.1 Å². The van der Waals surface area contributed by atoms with Gasteiger partial charge in [-0.2, -0.15) is 26.3 Å². The van der Waals surface area contributed by atoms with Crippen molar-refractivity contribution in [1.82, 2.24) is 10.6 Å². The molecule has 1 fully saturated rings. The Hall–Kier alpha value is -2.86. The summed E-state index contributed by atoms with van der Waals surface area (Å²) < 4.78 is 88.0. The molecule has 6 nitrogen and oxygen atoms in total. The summed E-state index contributed by atoms with van der Waals surface area (Å²) in [6.45, 7) is -0.985. The number of carbonyl (C=O) groups excluding carboxylic acids is 2. The SMILES string of the molecule is O=C(COc1ccc(Cl)c(C(F)(F)F)c1)N[C@H]1CC[C@H](NC(=O)COc2ccc(Cl)c(C(F)(F)F)c2)CC1. The third-order valence-corrected chi connectivity index (χ3v) is 6.34. The van der Waals surface area contributed by atoms with Gasteiger partial charge < -0.3 is 20.1 Å². The van der Waals surface area contributed by atoms with Gasteiger partial charge in [-0.3, -0.25) is 9.59 Å². The number of halogens is 8. The molecule has 0 radical (unpaired) electrons. The molecule has 208 valence electrons. The molecular formula is C24H22Cl2F6N2O4. The normalized spacial score (nSPS) is 18.0. The molecule has 0 bridgehead atoms. The van der Waals surface area contributed by atoms with Crippen LogP contribution in [0, 0.1) is 0 Å². The van der Waals surface area contributed by atoms with Crippen LogP contribution in [0.4, 0.5) is 26.3 Å². The summed E-state index contributed by atoms with van der Waals surface area (Å²) >= 11 is 11.1. The van der Waals surface area contributed by atoms with Crippen LogP contribution in [0.25, 0.3) is 0 Å². The summed E-state index contributed by atoms with van der Waals surface area (Å²) in [5.41, 5.74) is -2.14. The largest absolute Gasteiger partial charge is 0.484 e. The fourth-order valence-corrected chi connectivity index (χ4v) is 4.29. The zero-order valence-electron chi connectivity index (χ0n) is 19.5. The summed E-state index contributed by atoms with van der Waals surface area (Å²) in [7, 11) is 0. The molecule has 0 aromatic heterocycles. The van der Waals surface area contributed by atoms with Gasteiger partial charge in [0.15, 0.2) is 13.2 Å². The molecular weight excluding hydrogens is 565 g/mol. The number of amides is 2. The maximum absolute atomic E-state index is 12.9. The van der Waals surface area contributed by atoms with E-state index in [1.54, 1.807) is 0 Å². The first-order valence-electron chi connectivity index (χ1n) is 11.3. The Balaban J connectivity index is 1.38. The lowest BCUT2D eigenvalue weighted by Crippen LogP contribution is -2.45. The number of nitrogens with one attached hydrogen (secondary N) is 2. The van der Waals surface area contributed by atoms with Gasteiger partial charge in [-0.05, 0) is 62.1 Å². The molecule has 0 heterocycles. The van der Waals surface area contributed by atoms with Crippen LogP contribution in [0.3, 0.4) is 0 Å². The van der Waals surface area contributed by atoms with Gasteiger partial charge >= 0.3 is 12.4 Å². The summed E-state index contributed by atoms with van der Waals surface area (Å²) in [6, 6.07) is 5.52. The van der Waals surface area contributed by atoms with E-state index in [2.05, 4.69) is 10.6 Å². The lowest BCUT2D eigenvalue weighted by atomic mass is 9.91. The third kappa shape index (κ3) is 8.59. The van der Waals surface area contributed by atoms with Gasteiger partial charge in [0.2, 0.25) is 0 Å². The maximum Gasteiger partial charge on any atom is 0.417 e. The lowest BCUT2D eigenvalue weighted by molar-refractivity contribution is -0.138. The molecule has 1 saturated carbocycles. The monoisotopic (exact) mass is 586 g/mol. The second-order valence-corrected chi connectivity index (χ2v) is 9.35. The van der Waals surface area contributed by atoms with E-state index in [4.69, 9.17) is 32.7 Å². The molecule has 3 rings (SSSR count). The number of ether oxygens (including phenoxy) is 2. The average molecular weight is 587 g/mol. The minimum atomic E-state index is -4.66. The van der Waals surface area contributed by atoms with Gasteiger partial charge in [0.05, 0.1) is 21.2 Å². The van der Waals surface area contributed by atoms with Gasteiger partial charge in [0.1, 0.15) is 11.5 Å². The number of hydrogen-bond acceptors (Lipinski definition) is 4. The molecule has 2 aromatic carbocycles. The summed E-state index contributed by atoms with van der Waals surface area (Å²) in [5.74, 6) is -1.34. The molecule has 2 N–H and O–H groups in total. The van der Waals surface area contributed by atoms with Crippen LogP contribution in [0.1, 0.15) is 36.8 Å². The number of rotatable bonds is 8. The van der Waals surface area contributed by atoms with E-state index in [1.165, 1.54) is 12.1 Å². The molecule has 2 aromatic rings. The first-order valence-corrected chi connectivity index (χ1v) is 12.1. The number of carbonyl (C=O) groups is 2. The maximum atomic E-state index is 12.9. The van der Waals surface area contributed by atoms with Gasteiger partial charge in [-0.15, -0.1) is 0 Å². The minimum absolute atomic E-state index is 0.154. The Labute approximate surface area is 223 Å². The smallest absolute Gasteiger partial charge is 0.417 e. The highest BCUT2D eigenvalue weighted by Crippen LogP contribution is 2.37. The molecule has 0 spiro atoms. The van der Waals surface area contributed by atoms with Crippen LogP contribution in [-0.4, -0.2) is 37.1 Å². The molecule has 0 unspecified atom stereocenters. The van der Waals surface area contributed by atoms with Crippen molar-refractivity contribution in [1.29, 1.82) is 0 Å². The quantitative estimate of drug-likeness (QED) is 0.370. The van der Waals surface area contributed by atoms with Crippen LogP contribution in [0.2, 0.25) is 10.0 Å². The fraction of sp³-hybridized carbons (Fsp3) is 0.417. The van der Waals surface area contributed by atoms with E-state index in [9.17, 15) is 35.9 Å². The molecule has 0 atom stereocenters. The molecule has 1 aliphatic rings. The zero-order valence-corrected chi connectivity index (χ0v) is 21.0. The minimum Gasteiger partial charge on any atom is -0.484 e. The second-order valence-electron chi connectivity index (χ2n) is 8.54. The molecule has 2 amide bonds. The Morgan fingerprint density at radius 3 is 1.37 bits per heavy atom. The van der Waals surface area contributed by atoms with Crippen molar-refractivity contribution in [3.63, 3.8) is 0 Å². The second kappa shape index (κ2) is 12.3. The Kier molecular flexibility index (Phi) is 9.64. The highest BCUT2D eigenvalue weighted by atomic mass is 35.5. The van der Waals surface area contributed by atoms with Gasteiger partial charge in [-0.1, -0.05) is 23.2 Å². The van der Waals surface area contributed by atoms with Crippen molar-refractivity contribution in [3.8, 4) is 11.5 Å². The van der Waals surface area contributed by atoms with E-state index in [-0.39, 0.29) is 23.6 Å². The summed E-state index contributed by atoms with van der Waals surface area (Å²) in [5, 5.41) is 4.51. The summed E-state index contributed by atoms with van der Waals surface area (Å²) in [6.07, 6.45) is -7.26. The number of hydrogen-bond donors (Lipinski definition) is 2. The number of alkyl halides is 6. The Morgan fingerprint density at radius 2 is 1.05 bits per heavy atom. The van der Waals surface area contributed by atoms with Crippen LogP contribution in [0.5, 0.6) is 11.5 Å². The van der Waals surface area contributed by atoms with Crippen LogP contribution in [0.15, 0.2) is 36.4 Å². The van der Waals surface area contributed by atoms with E-state index in [0.29, 0.717) is 25.7 Å². The van der Waals surface area contributed by atoms with Gasteiger partial charge in [0.25, 0.3) is 11.8 Å². The van der Waals surface area contributed by atoms with E-state index < -0.39 is 58.6 Å². The third-order valence-electron chi connectivity index (χ3n) is 5.68. The average Bonchev–Trinajstić information content (AvgIpc) is 2.83. The van der Waals surface area contributed by atoms with Crippen molar-refractivity contribution in [2.75, 3.05) is 13.2 Å². The van der Waals surface area contributed by atoms with Crippen molar-refractivity contribution >= 4 is 35.0 Å². The first-order chi connectivity index (χ1) is 17.7. The molecule has 1 aliphatic carbocycles. The number of benzene rings is 2. The predicted octanol–water partition coefficient (Wildman–Crippen LogP) is 6.03. The molecule has 0 aliphatic heterocycles. The van der Waals surface area contributed by atoms with Crippen molar-refractivity contribution < 1.29 is 45.4 Å². The van der Waals surface area contributed by atoms with Crippen LogP contribution >= 0.6 is 23.2 Å². The van der Waals surface area contributed by atoms with Crippen molar-refractivity contribution in [3.05, 3.63) is 57.6 Å². The zero-order chi connectivity index (χ0) is 28.1. The van der Waals surface area contributed by atoms with E-state index in [1.807, 2.05) is 0 Å². The topological polar surface area (TPSA) is 76.7 Å². The van der Waals surface area contributed by atoms with E-state index >= 15 is 0 Å². The van der Waals surface area contributed by atoms with Crippen molar-refractivity contribution in [2.24, 2.45) is 0 Å². The van der Waals surface area contributed by atoms with Crippen LogP contribution in [-0.2, 0) is 21.9 Å². The highest BCUT2D eigenvalue weighted by Gasteiger charge is 2.34. The first kappa shape index (κ1) is 29.7. The predicted molar refractivity (Wildman–Crippen MR) is 126 cm³/mol. The standard InChI is InChI=1S/C24H22Cl2F6N2O4/c25-19-7-5-15(9-17(19)23(27,28)29)37-11-21(35)33-13-1-2-14(4-3-13)34-22(36)12-38-16-6-8-20(26)18(10-16)24(30,31)32/h5-10,13-14H,1-4,11-12H2,(H,33,35)(H,34,36)/t13-,14-. The summed E-state index contributed by atoms with van der Waals surface area (Å²) in [4.78, 5) is 24.3. The van der Waals surface area contributed by atoms with Gasteiger partial charge in [0, 0.05) is 12.1 Å². The highest BCUT2D eigenvalue weighted by molar-refractivity contribution is 6.31. The fourth-order valence-electron chi connectivity index (χ4n) is 3.84. The molecule has 38 heavy (non-hydrogen) atoms. The molecule has 0 saturated heterocycles. The Morgan fingerprint density at radius 1 is 0.711 bits per heavy atom. The lowest BCUT2D eigenvalue weighted by Gasteiger charge is -2.29. The molecule has 14 heteroatoms.